The van der Waals surface area contributed by atoms with Crippen molar-refractivity contribution in [3.63, 3.8) is 0 Å². The topological polar surface area (TPSA) is 25.4 Å². The second-order valence-corrected chi connectivity index (χ2v) is 5.09. The number of rotatable bonds is 7. The number of hydrogen-bond donors (Lipinski definition) is 0. The van der Waals surface area contributed by atoms with Crippen LogP contribution in [0.15, 0.2) is 18.2 Å². The van der Waals surface area contributed by atoms with E-state index in [9.17, 15) is 0 Å². The van der Waals surface area contributed by atoms with Gasteiger partial charge in [-0.25, -0.2) is 4.98 Å². The Labute approximate surface area is 108 Å². The first-order chi connectivity index (χ1) is 8.24. The maximum absolute atomic E-state index is 5.84. The summed E-state index contributed by atoms with van der Waals surface area (Å²) in [6, 6.07) is 5.72. The van der Waals surface area contributed by atoms with Crippen molar-refractivity contribution < 1.29 is 4.74 Å². The Morgan fingerprint density at radius 2 is 2.29 bits per heavy atom. The molecule has 0 unspecified atom stereocenters. The van der Waals surface area contributed by atoms with Crippen LogP contribution < -0.4 is 0 Å². The number of pyridine rings is 1. The third-order valence-corrected chi connectivity index (χ3v) is 3.08. The lowest BCUT2D eigenvalue weighted by Crippen LogP contribution is -2.23. The minimum Gasteiger partial charge on any atom is -0.380 e. The van der Waals surface area contributed by atoms with Crippen molar-refractivity contribution in [2.45, 2.75) is 19.4 Å². The highest BCUT2D eigenvalue weighted by Crippen LogP contribution is 2.28. The van der Waals surface area contributed by atoms with Crippen LogP contribution in [-0.2, 0) is 11.3 Å². The van der Waals surface area contributed by atoms with E-state index in [1.807, 2.05) is 12.1 Å². The summed E-state index contributed by atoms with van der Waals surface area (Å²) in [6.45, 7) is 3.48. The largest absolute Gasteiger partial charge is 0.380 e. The Morgan fingerprint density at radius 3 is 3.00 bits per heavy atom. The second-order valence-electron chi connectivity index (χ2n) is 4.71. The zero-order chi connectivity index (χ0) is 12.1. The fourth-order valence-electron chi connectivity index (χ4n) is 1.65. The molecule has 1 aromatic heterocycles. The molecular weight excluding hydrogens is 236 g/mol. The minimum atomic E-state index is 0.556. The summed E-state index contributed by atoms with van der Waals surface area (Å²) in [5.41, 5.74) is 1.00. The molecule has 0 bridgehead atoms. The molecular formula is C13H19ClN2O. The van der Waals surface area contributed by atoms with Crippen molar-refractivity contribution in [3.05, 3.63) is 29.0 Å². The van der Waals surface area contributed by atoms with E-state index in [0.717, 1.165) is 37.9 Å². The van der Waals surface area contributed by atoms with Gasteiger partial charge >= 0.3 is 0 Å². The van der Waals surface area contributed by atoms with E-state index in [1.54, 1.807) is 6.07 Å². The Kier molecular flexibility index (Phi) is 4.77. The van der Waals surface area contributed by atoms with Gasteiger partial charge in [-0.05, 0) is 37.9 Å². The molecule has 1 aliphatic carbocycles. The highest BCUT2D eigenvalue weighted by atomic mass is 35.5. The predicted molar refractivity (Wildman–Crippen MR) is 69.1 cm³/mol. The summed E-state index contributed by atoms with van der Waals surface area (Å²) in [6.07, 6.45) is 2.70. The number of hydrogen-bond acceptors (Lipinski definition) is 3. The van der Waals surface area contributed by atoms with Crippen LogP contribution in [0.2, 0.25) is 5.15 Å². The SMILES string of the molecule is CN(CCOCC1CC1)Cc1cccc(Cl)n1. The Balaban J connectivity index is 1.63. The zero-order valence-electron chi connectivity index (χ0n) is 10.2. The van der Waals surface area contributed by atoms with E-state index in [-0.39, 0.29) is 0 Å². The van der Waals surface area contributed by atoms with Gasteiger partial charge in [0.1, 0.15) is 5.15 Å². The molecule has 1 aliphatic rings. The quantitative estimate of drug-likeness (QED) is 0.553. The molecule has 0 N–H and O–H groups in total. The molecule has 2 rings (SSSR count). The van der Waals surface area contributed by atoms with Gasteiger partial charge in [-0.3, -0.25) is 4.90 Å². The molecule has 0 amide bonds. The first kappa shape index (κ1) is 12.8. The Bertz CT molecular complexity index is 355. The molecule has 0 radical (unpaired) electrons. The molecule has 3 nitrogen and oxygen atoms in total. The maximum Gasteiger partial charge on any atom is 0.129 e. The van der Waals surface area contributed by atoms with Crippen LogP contribution in [0.1, 0.15) is 18.5 Å². The fourth-order valence-corrected chi connectivity index (χ4v) is 1.83. The van der Waals surface area contributed by atoms with Gasteiger partial charge in [0, 0.05) is 19.7 Å². The summed E-state index contributed by atoms with van der Waals surface area (Å²) >= 11 is 5.84. The van der Waals surface area contributed by atoms with Crippen molar-refractivity contribution in [1.82, 2.24) is 9.88 Å². The van der Waals surface area contributed by atoms with Gasteiger partial charge in [-0.1, -0.05) is 17.7 Å². The number of ether oxygens (including phenoxy) is 1. The van der Waals surface area contributed by atoms with Crippen LogP contribution >= 0.6 is 11.6 Å². The van der Waals surface area contributed by atoms with Crippen molar-refractivity contribution in [3.8, 4) is 0 Å². The van der Waals surface area contributed by atoms with Gasteiger partial charge in [0.05, 0.1) is 12.3 Å². The smallest absolute Gasteiger partial charge is 0.129 e. The molecule has 94 valence electrons. The molecule has 1 saturated carbocycles. The van der Waals surface area contributed by atoms with Crippen LogP contribution in [0.4, 0.5) is 0 Å². The van der Waals surface area contributed by atoms with Crippen molar-refractivity contribution >= 4 is 11.6 Å². The van der Waals surface area contributed by atoms with Crippen LogP contribution in [0, 0.1) is 5.92 Å². The number of halogens is 1. The van der Waals surface area contributed by atoms with Crippen LogP contribution in [-0.4, -0.2) is 36.7 Å². The molecule has 4 heteroatoms. The molecule has 0 atom stereocenters. The molecule has 0 aliphatic heterocycles. The highest BCUT2D eigenvalue weighted by Gasteiger charge is 2.20. The molecule has 0 spiro atoms. The van der Waals surface area contributed by atoms with Gasteiger partial charge in [-0.15, -0.1) is 0 Å². The van der Waals surface area contributed by atoms with E-state index in [4.69, 9.17) is 16.3 Å². The van der Waals surface area contributed by atoms with Crippen LogP contribution in [0.5, 0.6) is 0 Å². The Morgan fingerprint density at radius 1 is 1.47 bits per heavy atom. The third kappa shape index (κ3) is 5.02. The summed E-state index contributed by atoms with van der Waals surface area (Å²) in [5, 5.41) is 0.556. The van der Waals surface area contributed by atoms with Gasteiger partial charge in [0.15, 0.2) is 0 Å². The minimum absolute atomic E-state index is 0.556. The number of nitrogens with zero attached hydrogens (tertiary/aromatic N) is 2. The predicted octanol–water partition coefficient (Wildman–Crippen LogP) is 2.59. The molecule has 1 heterocycles. The van der Waals surface area contributed by atoms with Gasteiger partial charge in [0.2, 0.25) is 0 Å². The molecule has 17 heavy (non-hydrogen) atoms. The van der Waals surface area contributed by atoms with Crippen molar-refractivity contribution in [1.29, 1.82) is 0 Å². The molecule has 1 fully saturated rings. The first-order valence-corrected chi connectivity index (χ1v) is 6.49. The Hall–Kier alpha value is -0.640. The zero-order valence-corrected chi connectivity index (χ0v) is 11.0. The van der Waals surface area contributed by atoms with Crippen LogP contribution in [0.3, 0.4) is 0 Å². The molecule has 1 aromatic rings. The average Bonchev–Trinajstić information content (AvgIpc) is 3.08. The van der Waals surface area contributed by atoms with E-state index >= 15 is 0 Å². The summed E-state index contributed by atoms with van der Waals surface area (Å²) in [4.78, 5) is 6.46. The highest BCUT2D eigenvalue weighted by molar-refractivity contribution is 6.29. The summed E-state index contributed by atoms with van der Waals surface area (Å²) in [7, 11) is 2.07. The standard InChI is InChI=1S/C13H19ClN2O/c1-16(7-8-17-10-11-5-6-11)9-12-3-2-4-13(14)15-12/h2-4,11H,5-10H2,1H3. The van der Waals surface area contributed by atoms with Crippen molar-refractivity contribution in [2.24, 2.45) is 5.92 Å². The van der Waals surface area contributed by atoms with Gasteiger partial charge in [-0.2, -0.15) is 0 Å². The number of likely N-dealkylation sites (N-methyl/N-ethyl adjacent to an activating group) is 1. The monoisotopic (exact) mass is 254 g/mol. The summed E-state index contributed by atoms with van der Waals surface area (Å²) in [5.74, 6) is 0.843. The second kappa shape index (κ2) is 6.34. The lowest BCUT2D eigenvalue weighted by Gasteiger charge is -2.16. The normalized spacial score (nSPS) is 15.5. The lowest BCUT2D eigenvalue weighted by molar-refractivity contribution is 0.101. The van der Waals surface area contributed by atoms with E-state index in [1.165, 1.54) is 12.8 Å². The van der Waals surface area contributed by atoms with E-state index in [2.05, 4.69) is 16.9 Å². The van der Waals surface area contributed by atoms with Gasteiger partial charge < -0.3 is 4.74 Å². The van der Waals surface area contributed by atoms with E-state index in [0.29, 0.717) is 5.15 Å². The lowest BCUT2D eigenvalue weighted by atomic mass is 10.3. The third-order valence-electron chi connectivity index (χ3n) is 2.87. The first-order valence-electron chi connectivity index (χ1n) is 6.12. The number of aromatic nitrogens is 1. The maximum atomic E-state index is 5.84. The molecule has 0 saturated heterocycles. The van der Waals surface area contributed by atoms with Crippen LogP contribution in [0.25, 0.3) is 0 Å². The average molecular weight is 255 g/mol. The summed E-state index contributed by atoms with van der Waals surface area (Å²) < 4.78 is 5.60. The fraction of sp³-hybridized carbons (Fsp3) is 0.615. The van der Waals surface area contributed by atoms with E-state index < -0.39 is 0 Å². The van der Waals surface area contributed by atoms with Gasteiger partial charge in [0.25, 0.3) is 0 Å². The van der Waals surface area contributed by atoms with Crippen molar-refractivity contribution in [2.75, 3.05) is 26.8 Å². The molecule has 0 aromatic carbocycles.